The third kappa shape index (κ3) is 5.42. The number of methoxy groups -OCH3 is 1. The average molecular weight is 259 g/mol. The van der Waals surface area contributed by atoms with Gasteiger partial charge >= 0.3 is 6.61 Å². The van der Waals surface area contributed by atoms with Gasteiger partial charge in [-0.05, 0) is 24.2 Å². The lowest BCUT2D eigenvalue weighted by Crippen LogP contribution is -2.26. The van der Waals surface area contributed by atoms with Crippen molar-refractivity contribution in [3.8, 4) is 5.75 Å². The molecule has 0 aliphatic rings. The highest BCUT2D eigenvalue weighted by atomic mass is 19.3. The first-order valence-corrected chi connectivity index (χ1v) is 5.90. The highest BCUT2D eigenvalue weighted by molar-refractivity contribution is 5.27. The van der Waals surface area contributed by atoms with E-state index >= 15 is 0 Å². The molecule has 0 amide bonds. The van der Waals surface area contributed by atoms with Crippen LogP contribution in [0.3, 0.4) is 0 Å². The Hall–Kier alpha value is -1.20. The van der Waals surface area contributed by atoms with E-state index in [-0.39, 0.29) is 5.75 Å². The fourth-order valence-corrected chi connectivity index (χ4v) is 1.60. The first kappa shape index (κ1) is 14.9. The van der Waals surface area contributed by atoms with Crippen molar-refractivity contribution in [2.45, 2.75) is 20.1 Å². The lowest BCUT2D eigenvalue weighted by molar-refractivity contribution is -0.0498. The Bertz CT molecular complexity index is 330. The predicted octanol–water partition coefficient (Wildman–Crippen LogP) is 2.76. The number of hydrogen-bond acceptors (Lipinski definition) is 3. The predicted molar refractivity (Wildman–Crippen MR) is 65.9 cm³/mol. The van der Waals surface area contributed by atoms with Crippen LogP contribution in [0.15, 0.2) is 24.3 Å². The molecule has 18 heavy (non-hydrogen) atoms. The van der Waals surface area contributed by atoms with Gasteiger partial charge in [-0.3, -0.25) is 4.90 Å². The second-order valence-corrected chi connectivity index (χ2v) is 3.88. The Balaban J connectivity index is 2.50. The molecule has 0 N–H and O–H groups in total. The summed E-state index contributed by atoms with van der Waals surface area (Å²) in [4.78, 5) is 2.21. The standard InChI is InChI=1S/C13H19F2NO2/c1-3-16(8-9-17-2)10-11-4-6-12(7-5-11)18-13(14)15/h4-7,13H,3,8-10H2,1-2H3. The van der Waals surface area contributed by atoms with Crippen molar-refractivity contribution in [3.05, 3.63) is 29.8 Å². The summed E-state index contributed by atoms with van der Waals surface area (Å²) in [5.41, 5.74) is 1.06. The van der Waals surface area contributed by atoms with Gasteiger partial charge in [0, 0.05) is 20.2 Å². The fourth-order valence-electron chi connectivity index (χ4n) is 1.60. The van der Waals surface area contributed by atoms with E-state index in [1.165, 1.54) is 0 Å². The van der Waals surface area contributed by atoms with Crippen LogP contribution in [0.2, 0.25) is 0 Å². The zero-order chi connectivity index (χ0) is 13.4. The largest absolute Gasteiger partial charge is 0.435 e. The summed E-state index contributed by atoms with van der Waals surface area (Å²) in [6, 6.07) is 6.72. The topological polar surface area (TPSA) is 21.7 Å². The molecular weight excluding hydrogens is 240 g/mol. The van der Waals surface area contributed by atoms with Crippen LogP contribution >= 0.6 is 0 Å². The molecule has 0 spiro atoms. The van der Waals surface area contributed by atoms with E-state index in [1.54, 1.807) is 31.4 Å². The summed E-state index contributed by atoms with van der Waals surface area (Å²) in [5.74, 6) is 0.189. The molecule has 102 valence electrons. The Morgan fingerprint density at radius 2 is 1.89 bits per heavy atom. The van der Waals surface area contributed by atoms with Crippen molar-refractivity contribution in [1.82, 2.24) is 4.90 Å². The van der Waals surface area contributed by atoms with Gasteiger partial charge < -0.3 is 9.47 Å². The molecule has 0 aliphatic heterocycles. The Kier molecular flexibility index (Phi) is 6.60. The van der Waals surface area contributed by atoms with Crippen LogP contribution in [-0.2, 0) is 11.3 Å². The van der Waals surface area contributed by atoms with Crippen LogP contribution in [0.1, 0.15) is 12.5 Å². The maximum atomic E-state index is 12.0. The van der Waals surface area contributed by atoms with Crippen molar-refractivity contribution in [3.63, 3.8) is 0 Å². The normalized spacial score (nSPS) is 11.2. The van der Waals surface area contributed by atoms with Gasteiger partial charge in [-0.2, -0.15) is 8.78 Å². The summed E-state index contributed by atoms with van der Waals surface area (Å²) in [7, 11) is 1.67. The molecule has 0 aromatic heterocycles. The number of halogens is 2. The second kappa shape index (κ2) is 8.00. The smallest absolute Gasteiger partial charge is 0.387 e. The Labute approximate surface area is 106 Å². The van der Waals surface area contributed by atoms with Gasteiger partial charge in [-0.25, -0.2) is 0 Å². The molecule has 0 aliphatic carbocycles. The molecule has 1 aromatic rings. The van der Waals surface area contributed by atoms with Crippen molar-refractivity contribution in [1.29, 1.82) is 0 Å². The zero-order valence-electron chi connectivity index (χ0n) is 10.7. The summed E-state index contributed by atoms with van der Waals surface area (Å²) >= 11 is 0. The molecule has 0 saturated heterocycles. The number of hydrogen-bond donors (Lipinski definition) is 0. The lowest BCUT2D eigenvalue weighted by Gasteiger charge is -2.20. The van der Waals surface area contributed by atoms with E-state index in [0.29, 0.717) is 6.61 Å². The van der Waals surface area contributed by atoms with Crippen LogP contribution < -0.4 is 4.74 Å². The van der Waals surface area contributed by atoms with Crippen molar-refractivity contribution >= 4 is 0 Å². The number of rotatable bonds is 8. The summed E-state index contributed by atoms with van der Waals surface area (Å²) in [6.45, 7) is 2.52. The van der Waals surface area contributed by atoms with Gasteiger partial charge in [-0.1, -0.05) is 19.1 Å². The van der Waals surface area contributed by atoms with Gasteiger partial charge in [0.15, 0.2) is 0 Å². The molecule has 0 unspecified atom stereocenters. The van der Waals surface area contributed by atoms with Crippen molar-refractivity contribution < 1.29 is 18.3 Å². The summed E-state index contributed by atoms with van der Waals surface area (Å²) < 4.78 is 33.3. The molecular formula is C13H19F2NO2. The molecule has 1 aromatic carbocycles. The summed E-state index contributed by atoms with van der Waals surface area (Å²) in [5, 5.41) is 0. The average Bonchev–Trinajstić information content (AvgIpc) is 2.36. The van der Waals surface area contributed by atoms with E-state index in [9.17, 15) is 8.78 Å². The molecule has 0 heterocycles. The van der Waals surface area contributed by atoms with Gasteiger partial charge in [0.2, 0.25) is 0 Å². The zero-order valence-corrected chi connectivity index (χ0v) is 10.7. The molecule has 0 atom stereocenters. The van der Waals surface area contributed by atoms with Crippen LogP contribution in [0.25, 0.3) is 0 Å². The van der Waals surface area contributed by atoms with E-state index in [1.807, 2.05) is 0 Å². The molecule has 0 radical (unpaired) electrons. The van der Waals surface area contributed by atoms with Crippen LogP contribution in [0.4, 0.5) is 8.78 Å². The van der Waals surface area contributed by atoms with Gasteiger partial charge in [-0.15, -0.1) is 0 Å². The molecule has 0 fully saturated rings. The number of ether oxygens (including phenoxy) is 2. The van der Waals surface area contributed by atoms with Crippen LogP contribution in [0, 0.1) is 0 Å². The number of nitrogens with zero attached hydrogens (tertiary/aromatic N) is 1. The third-order valence-electron chi connectivity index (χ3n) is 2.61. The van der Waals surface area contributed by atoms with Crippen LogP contribution in [-0.4, -0.2) is 38.3 Å². The number of likely N-dealkylation sites (N-methyl/N-ethyl adjacent to an activating group) is 1. The molecule has 0 bridgehead atoms. The summed E-state index contributed by atoms with van der Waals surface area (Å²) in [6.07, 6.45) is 0. The van der Waals surface area contributed by atoms with Crippen molar-refractivity contribution in [2.24, 2.45) is 0 Å². The first-order valence-electron chi connectivity index (χ1n) is 5.90. The number of alkyl halides is 2. The maximum Gasteiger partial charge on any atom is 0.387 e. The monoisotopic (exact) mass is 259 g/mol. The quantitative estimate of drug-likeness (QED) is 0.716. The minimum Gasteiger partial charge on any atom is -0.435 e. The van der Waals surface area contributed by atoms with E-state index in [4.69, 9.17) is 4.74 Å². The van der Waals surface area contributed by atoms with E-state index < -0.39 is 6.61 Å². The lowest BCUT2D eigenvalue weighted by atomic mass is 10.2. The van der Waals surface area contributed by atoms with E-state index in [0.717, 1.165) is 25.2 Å². The molecule has 5 heteroatoms. The SMILES string of the molecule is CCN(CCOC)Cc1ccc(OC(F)F)cc1. The second-order valence-electron chi connectivity index (χ2n) is 3.88. The minimum absolute atomic E-state index is 0.189. The fraction of sp³-hybridized carbons (Fsp3) is 0.538. The van der Waals surface area contributed by atoms with Gasteiger partial charge in [0.25, 0.3) is 0 Å². The van der Waals surface area contributed by atoms with Crippen molar-refractivity contribution in [2.75, 3.05) is 26.8 Å². The Morgan fingerprint density at radius 3 is 2.39 bits per heavy atom. The van der Waals surface area contributed by atoms with Gasteiger partial charge in [0.05, 0.1) is 6.61 Å². The van der Waals surface area contributed by atoms with Crippen LogP contribution in [0.5, 0.6) is 5.75 Å². The maximum absolute atomic E-state index is 12.0. The highest BCUT2D eigenvalue weighted by Gasteiger charge is 2.06. The Morgan fingerprint density at radius 1 is 1.22 bits per heavy atom. The van der Waals surface area contributed by atoms with Gasteiger partial charge in [0.1, 0.15) is 5.75 Å². The van der Waals surface area contributed by atoms with E-state index in [2.05, 4.69) is 16.6 Å². The molecule has 0 saturated carbocycles. The highest BCUT2D eigenvalue weighted by Crippen LogP contribution is 2.15. The molecule has 3 nitrogen and oxygen atoms in total. The minimum atomic E-state index is -2.77. The third-order valence-corrected chi connectivity index (χ3v) is 2.61. The first-order chi connectivity index (χ1) is 8.65. The number of benzene rings is 1. The molecule has 1 rings (SSSR count).